The molecule has 0 saturated heterocycles. The minimum absolute atomic E-state index is 0.225. The molecule has 20 heavy (non-hydrogen) atoms. The smallest absolute Gasteiger partial charge is 0.242 e. The minimum atomic E-state index is -1.49. The fraction of sp³-hybridized carbons (Fsp3) is 0.733. The highest BCUT2D eigenvalue weighted by Crippen LogP contribution is 2.54. The summed E-state index contributed by atoms with van der Waals surface area (Å²) in [6.45, 7) is 10.3. The predicted molar refractivity (Wildman–Crippen MR) is 71.6 cm³/mol. The first kappa shape index (κ1) is 15.4. The Balaban J connectivity index is 2.75. The Morgan fingerprint density at radius 1 is 1.00 bits per heavy atom. The highest BCUT2D eigenvalue weighted by atomic mass is 17.2. The van der Waals surface area contributed by atoms with Crippen LogP contribution in [0.3, 0.4) is 0 Å². The van der Waals surface area contributed by atoms with Crippen LogP contribution in [0.4, 0.5) is 0 Å². The second-order valence-corrected chi connectivity index (χ2v) is 7.06. The monoisotopic (exact) mass is 283 g/mol. The third-order valence-electron chi connectivity index (χ3n) is 4.28. The Morgan fingerprint density at radius 3 is 2.05 bits per heavy atom. The standard InChI is InChI=1S/C15H22O5/c1-12(2)8-9-10(16)13(3,4)11(17)14(5,6)15(9,18-7)20-19-12/h8H,1-7H3/i10+1. The molecule has 2 aliphatic rings. The zero-order valence-corrected chi connectivity index (χ0v) is 13.1. The molecule has 0 radical (unpaired) electrons. The lowest BCUT2D eigenvalue weighted by Gasteiger charge is -2.53. The van der Waals surface area contributed by atoms with Crippen LogP contribution >= 0.6 is 0 Å². The Labute approximate surface area is 119 Å². The van der Waals surface area contributed by atoms with Gasteiger partial charge in [0, 0.05) is 7.11 Å². The largest absolute Gasteiger partial charge is 0.346 e. The summed E-state index contributed by atoms with van der Waals surface area (Å²) in [5, 5.41) is 0. The summed E-state index contributed by atoms with van der Waals surface area (Å²) in [4.78, 5) is 36.2. The van der Waals surface area contributed by atoms with Gasteiger partial charge in [-0.1, -0.05) is 0 Å². The molecule has 0 aromatic heterocycles. The maximum atomic E-state index is 12.7. The quantitative estimate of drug-likeness (QED) is 0.419. The number of ketones is 2. The zero-order chi connectivity index (χ0) is 15.6. The third-order valence-corrected chi connectivity index (χ3v) is 4.28. The lowest BCUT2D eigenvalue weighted by molar-refractivity contribution is -0.466. The summed E-state index contributed by atoms with van der Waals surface area (Å²) >= 11 is 0. The molecule has 2 rings (SSSR count). The number of carbonyl (C=O) groups is 2. The second kappa shape index (κ2) is 4.00. The molecule has 0 spiro atoms. The fourth-order valence-corrected chi connectivity index (χ4v) is 3.10. The van der Waals surface area contributed by atoms with E-state index in [4.69, 9.17) is 14.5 Å². The molecular weight excluding hydrogens is 261 g/mol. The van der Waals surface area contributed by atoms with Gasteiger partial charge in [-0.25, -0.2) is 4.89 Å². The first-order valence-electron chi connectivity index (χ1n) is 6.67. The highest BCUT2D eigenvalue weighted by Gasteiger charge is 2.68. The van der Waals surface area contributed by atoms with Crippen LogP contribution in [0, 0.1) is 10.8 Å². The van der Waals surface area contributed by atoms with E-state index in [0.29, 0.717) is 5.57 Å². The van der Waals surface area contributed by atoms with Gasteiger partial charge in [-0.05, 0) is 47.6 Å². The van der Waals surface area contributed by atoms with Gasteiger partial charge in [-0.15, -0.1) is 0 Å². The van der Waals surface area contributed by atoms with Crippen molar-refractivity contribution < 1.29 is 24.1 Å². The number of carbonyl (C=O) groups excluding carboxylic acids is 2. The van der Waals surface area contributed by atoms with Gasteiger partial charge >= 0.3 is 0 Å². The number of ether oxygens (including phenoxy) is 1. The molecule has 5 nitrogen and oxygen atoms in total. The van der Waals surface area contributed by atoms with Crippen molar-refractivity contribution in [2.75, 3.05) is 7.11 Å². The van der Waals surface area contributed by atoms with Crippen molar-refractivity contribution in [3.05, 3.63) is 11.6 Å². The average Bonchev–Trinajstić information content (AvgIpc) is 2.34. The summed E-state index contributed by atoms with van der Waals surface area (Å²) in [6, 6.07) is 0. The van der Waals surface area contributed by atoms with Crippen LogP contribution in [0.15, 0.2) is 11.6 Å². The van der Waals surface area contributed by atoms with E-state index in [1.165, 1.54) is 7.11 Å². The van der Waals surface area contributed by atoms with Gasteiger partial charge in [0.1, 0.15) is 5.60 Å². The van der Waals surface area contributed by atoms with Crippen LogP contribution in [0.5, 0.6) is 0 Å². The lowest BCUT2D eigenvalue weighted by Crippen LogP contribution is -2.67. The maximum Gasteiger partial charge on any atom is 0.242 e. The Hall–Kier alpha value is -1.04. The molecular formula is C15H22O5. The van der Waals surface area contributed by atoms with Crippen LogP contribution in [-0.4, -0.2) is 30.1 Å². The first-order valence-corrected chi connectivity index (χ1v) is 6.67. The third kappa shape index (κ3) is 1.66. The number of Topliss-reactive ketones (excluding diaryl/α,β-unsaturated/α-hetero) is 2. The molecule has 1 heterocycles. The number of rotatable bonds is 1. The summed E-state index contributed by atoms with van der Waals surface area (Å²) in [5.41, 5.74) is -2.54. The van der Waals surface area contributed by atoms with Crippen molar-refractivity contribution in [3.8, 4) is 0 Å². The van der Waals surface area contributed by atoms with Crippen LogP contribution in [0.1, 0.15) is 41.5 Å². The molecule has 112 valence electrons. The van der Waals surface area contributed by atoms with Gasteiger partial charge in [0.2, 0.25) is 5.79 Å². The zero-order valence-electron chi connectivity index (χ0n) is 13.1. The molecule has 1 atom stereocenters. The average molecular weight is 283 g/mol. The molecule has 1 saturated carbocycles. The van der Waals surface area contributed by atoms with Gasteiger partial charge in [0.05, 0.1) is 16.4 Å². The molecule has 0 aromatic carbocycles. The minimum Gasteiger partial charge on any atom is -0.346 e. The van der Waals surface area contributed by atoms with Gasteiger partial charge in [-0.3, -0.25) is 9.59 Å². The van der Waals surface area contributed by atoms with Crippen LogP contribution in [0.2, 0.25) is 0 Å². The van der Waals surface area contributed by atoms with E-state index in [0.717, 1.165) is 0 Å². The Kier molecular flexibility index (Phi) is 3.07. The van der Waals surface area contributed by atoms with Crippen molar-refractivity contribution in [1.82, 2.24) is 0 Å². The van der Waals surface area contributed by atoms with E-state index in [-0.39, 0.29) is 11.6 Å². The molecule has 0 amide bonds. The first-order chi connectivity index (χ1) is 8.92. The number of fused-ring (bicyclic) bond motifs is 1. The topological polar surface area (TPSA) is 61.8 Å². The normalized spacial score (nSPS) is 34.5. The van der Waals surface area contributed by atoms with E-state index in [9.17, 15) is 9.59 Å². The van der Waals surface area contributed by atoms with Crippen molar-refractivity contribution in [3.63, 3.8) is 0 Å². The van der Waals surface area contributed by atoms with Crippen LogP contribution in [-0.2, 0) is 24.1 Å². The molecule has 1 aliphatic heterocycles. The highest BCUT2D eigenvalue weighted by molar-refractivity contribution is 6.19. The van der Waals surface area contributed by atoms with E-state index >= 15 is 0 Å². The molecule has 1 aliphatic carbocycles. The van der Waals surface area contributed by atoms with Crippen molar-refractivity contribution in [2.24, 2.45) is 10.8 Å². The number of hydrogen-bond acceptors (Lipinski definition) is 5. The summed E-state index contributed by atoms with van der Waals surface area (Å²) < 4.78 is 5.47. The van der Waals surface area contributed by atoms with Crippen molar-refractivity contribution >= 4 is 11.6 Å². The molecule has 0 bridgehead atoms. The van der Waals surface area contributed by atoms with Crippen molar-refractivity contribution in [1.29, 1.82) is 0 Å². The van der Waals surface area contributed by atoms with E-state index < -0.39 is 22.2 Å². The summed E-state index contributed by atoms with van der Waals surface area (Å²) in [7, 11) is 1.41. The maximum absolute atomic E-state index is 12.7. The number of hydrogen-bond donors (Lipinski definition) is 0. The van der Waals surface area contributed by atoms with Crippen LogP contribution in [0.25, 0.3) is 0 Å². The van der Waals surface area contributed by atoms with Gasteiger partial charge in [0.15, 0.2) is 11.6 Å². The van der Waals surface area contributed by atoms with Crippen LogP contribution < -0.4 is 0 Å². The van der Waals surface area contributed by atoms with Gasteiger partial charge in [0.25, 0.3) is 0 Å². The molecule has 0 aromatic rings. The van der Waals surface area contributed by atoms with E-state index in [1.807, 2.05) is 0 Å². The fourth-order valence-electron chi connectivity index (χ4n) is 3.10. The van der Waals surface area contributed by atoms with E-state index in [1.54, 1.807) is 47.6 Å². The van der Waals surface area contributed by atoms with Crippen molar-refractivity contribution in [2.45, 2.75) is 52.9 Å². The molecule has 5 heteroatoms. The van der Waals surface area contributed by atoms with Gasteiger partial charge in [-0.2, -0.15) is 4.89 Å². The summed E-state index contributed by atoms with van der Waals surface area (Å²) in [5.74, 6) is -2.00. The molecule has 1 fully saturated rings. The SMILES string of the molecule is COC12OOC(C)(C)C=C1[13C](=O)C(C)(C)C(=O)C2(C)C. The predicted octanol–water partition coefficient (Wildman–Crippen LogP) is 2.20. The van der Waals surface area contributed by atoms with Gasteiger partial charge < -0.3 is 4.74 Å². The Bertz CT molecular complexity index is 512. The molecule has 1 unspecified atom stereocenters. The second-order valence-electron chi connectivity index (χ2n) is 7.06. The number of methoxy groups -OCH3 is 1. The summed E-state index contributed by atoms with van der Waals surface area (Å²) in [6.07, 6.45) is 1.69. The van der Waals surface area contributed by atoms with E-state index in [2.05, 4.69) is 0 Å². The Morgan fingerprint density at radius 2 is 1.55 bits per heavy atom. The lowest BCUT2D eigenvalue weighted by atomic mass is 9.64. The molecule has 0 N–H and O–H groups in total.